The number of nitrogens with one attached hydrogen (secondary N) is 1. The Kier molecular flexibility index (Phi) is 5.09. The molecule has 0 aromatic rings. The molecule has 0 aromatic heterocycles. The average Bonchev–Trinajstić information content (AvgIpc) is 3.01. The van der Waals surface area contributed by atoms with E-state index in [9.17, 15) is 4.79 Å². The normalized spacial score (nSPS) is 26.1. The van der Waals surface area contributed by atoms with Crippen LogP contribution in [0.25, 0.3) is 0 Å². The lowest BCUT2D eigenvalue weighted by Gasteiger charge is -2.15. The number of carbonyl (C=O) groups is 1. The van der Waals surface area contributed by atoms with Crippen molar-refractivity contribution in [1.29, 1.82) is 0 Å². The second-order valence-electron chi connectivity index (χ2n) is 4.40. The van der Waals surface area contributed by atoms with Crippen LogP contribution in [0.2, 0.25) is 0 Å². The van der Waals surface area contributed by atoms with Crippen molar-refractivity contribution < 1.29 is 9.53 Å². The number of ether oxygens (including phenoxy) is 1. The van der Waals surface area contributed by atoms with Crippen LogP contribution in [-0.4, -0.2) is 25.2 Å². The third-order valence-electron chi connectivity index (χ3n) is 3.19. The standard InChI is InChI=1S/C12H23NO2/c1-4-6-7-10(12(14)15-3)13-11-8-9(11)5-2/h9-11,13H,4-8H2,1-3H3. The highest BCUT2D eigenvalue weighted by Gasteiger charge is 2.37. The number of unbranched alkanes of at least 4 members (excludes halogenated alkanes) is 1. The molecule has 1 aliphatic carbocycles. The Morgan fingerprint density at radius 2 is 2.27 bits per heavy atom. The number of methoxy groups -OCH3 is 1. The molecule has 3 heteroatoms. The molecule has 0 radical (unpaired) electrons. The van der Waals surface area contributed by atoms with Gasteiger partial charge in [-0.3, -0.25) is 4.79 Å². The number of esters is 1. The van der Waals surface area contributed by atoms with Crippen molar-refractivity contribution >= 4 is 5.97 Å². The summed E-state index contributed by atoms with van der Waals surface area (Å²) in [6.07, 6.45) is 5.53. The van der Waals surface area contributed by atoms with Gasteiger partial charge in [-0.05, 0) is 18.8 Å². The Balaban J connectivity index is 2.32. The molecule has 88 valence electrons. The molecule has 0 heterocycles. The zero-order chi connectivity index (χ0) is 11.3. The van der Waals surface area contributed by atoms with Gasteiger partial charge in [-0.15, -0.1) is 0 Å². The second kappa shape index (κ2) is 6.11. The molecular formula is C12H23NO2. The summed E-state index contributed by atoms with van der Waals surface area (Å²) in [6, 6.07) is 0.465. The summed E-state index contributed by atoms with van der Waals surface area (Å²) < 4.78 is 4.81. The van der Waals surface area contributed by atoms with Gasteiger partial charge in [0.1, 0.15) is 6.04 Å². The molecule has 0 spiro atoms. The number of hydrogen-bond donors (Lipinski definition) is 1. The maximum Gasteiger partial charge on any atom is 0.322 e. The third-order valence-corrected chi connectivity index (χ3v) is 3.19. The largest absolute Gasteiger partial charge is 0.468 e. The van der Waals surface area contributed by atoms with E-state index in [0.717, 1.165) is 25.2 Å². The highest BCUT2D eigenvalue weighted by atomic mass is 16.5. The zero-order valence-corrected chi connectivity index (χ0v) is 10.1. The first-order chi connectivity index (χ1) is 7.22. The molecule has 1 N–H and O–H groups in total. The van der Waals surface area contributed by atoms with Gasteiger partial charge in [0.25, 0.3) is 0 Å². The van der Waals surface area contributed by atoms with Gasteiger partial charge in [-0.1, -0.05) is 33.1 Å². The molecule has 3 unspecified atom stereocenters. The number of rotatable bonds is 7. The van der Waals surface area contributed by atoms with E-state index in [1.807, 2.05) is 0 Å². The molecule has 3 nitrogen and oxygen atoms in total. The van der Waals surface area contributed by atoms with E-state index in [1.54, 1.807) is 0 Å². The van der Waals surface area contributed by atoms with Crippen LogP contribution in [0.3, 0.4) is 0 Å². The van der Waals surface area contributed by atoms with Crippen molar-refractivity contribution in [3.05, 3.63) is 0 Å². The van der Waals surface area contributed by atoms with Crippen LogP contribution >= 0.6 is 0 Å². The molecule has 0 saturated heterocycles. The topological polar surface area (TPSA) is 38.3 Å². The molecule has 0 amide bonds. The predicted octanol–water partition coefficient (Wildman–Crippen LogP) is 2.11. The van der Waals surface area contributed by atoms with Crippen LogP contribution in [0.1, 0.15) is 46.0 Å². The summed E-state index contributed by atoms with van der Waals surface area (Å²) >= 11 is 0. The third kappa shape index (κ3) is 3.82. The zero-order valence-electron chi connectivity index (χ0n) is 10.1. The van der Waals surface area contributed by atoms with E-state index in [2.05, 4.69) is 19.2 Å². The van der Waals surface area contributed by atoms with Crippen molar-refractivity contribution in [2.45, 2.75) is 58.0 Å². The molecule has 0 aromatic carbocycles. The van der Waals surface area contributed by atoms with Crippen LogP contribution in [0.4, 0.5) is 0 Å². The fourth-order valence-corrected chi connectivity index (χ4v) is 1.98. The summed E-state index contributed by atoms with van der Waals surface area (Å²) in [5.41, 5.74) is 0. The molecule has 15 heavy (non-hydrogen) atoms. The fraction of sp³-hybridized carbons (Fsp3) is 0.917. The van der Waals surface area contributed by atoms with Gasteiger partial charge >= 0.3 is 5.97 Å². The van der Waals surface area contributed by atoms with Gasteiger partial charge in [0.05, 0.1) is 7.11 Å². The molecule has 1 saturated carbocycles. The summed E-state index contributed by atoms with van der Waals surface area (Å²) in [4.78, 5) is 11.5. The Morgan fingerprint density at radius 3 is 2.73 bits per heavy atom. The van der Waals surface area contributed by atoms with E-state index in [1.165, 1.54) is 20.0 Å². The van der Waals surface area contributed by atoms with E-state index in [-0.39, 0.29) is 12.0 Å². The van der Waals surface area contributed by atoms with Crippen LogP contribution in [0.15, 0.2) is 0 Å². The van der Waals surface area contributed by atoms with Crippen LogP contribution in [-0.2, 0) is 9.53 Å². The average molecular weight is 213 g/mol. The van der Waals surface area contributed by atoms with E-state index >= 15 is 0 Å². The lowest BCUT2D eigenvalue weighted by atomic mass is 10.1. The van der Waals surface area contributed by atoms with Crippen molar-refractivity contribution in [3.8, 4) is 0 Å². The van der Waals surface area contributed by atoms with Gasteiger partial charge in [0.2, 0.25) is 0 Å². The lowest BCUT2D eigenvalue weighted by molar-refractivity contribution is -0.143. The van der Waals surface area contributed by atoms with E-state index in [0.29, 0.717) is 6.04 Å². The molecular weight excluding hydrogens is 190 g/mol. The molecule has 1 aliphatic rings. The molecule has 1 rings (SSSR count). The first-order valence-electron chi connectivity index (χ1n) is 6.06. The van der Waals surface area contributed by atoms with Crippen LogP contribution in [0, 0.1) is 5.92 Å². The SMILES string of the molecule is CCCCC(NC1CC1CC)C(=O)OC. The van der Waals surface area contributed by atoms with Crippen LogP contribution in [0.5, 0.6) is 0 Å². The maximum absolute atomic E-state index is 11.5. The Hall–Kier alpha value is -0.570. The minimum Gasteiger partial charge on any atom is -0.468 e. The van der Waals surface area contributed by atoms with Gasteiger partial charge < -0.3 is 10.1 Å². The molecule has 0 bridgehead atoms. The Morgan fingerprint density at radius 1 is 1.53 bits per heavy atom. The Labute approximate surface area is 92.6 Å². The fourth-order valence-electron chi connectivity index (χ4n) is 1.98. The van der Waals surface area contributed by atoms with E-state index < -0.39 is 0 Å². The van der Waals surface area contributed by atoms with Gasteiger partial charge in [-0.2, -0.15) is 0 Å². The van der Waals surface area contributed by atoms with Crippen LogP contribution < -0.4 is 5.32 Å². The van der Waals surface area contributed by atoms with Crippen molar-refractivity contribution in [1.82, 2.24) is 5.32 Å². The van der Waals surface area contributed by atoms with Crippen molar-refractivity contribution in [2.75, 3.05) is 7.11 Å². The second-order valence-corrected chi connectivity index (χ2v) is 4.40. The van der Waals surface area contributed by atoms with Gasteiger partial charge in [0.15, 0.2) is 0 Å². The predicted molar refractivity (Wildman–Crippen MR) is 60.7 cm³/mol. The lowest BCUT2D eigenvalue weighted by Crippen LogP contribution is -2.39. The maximum atomic E-state index is 11.5. The summed E-state index contributed by atoms with van der Waals surface area (Å²) in [5.74, 6) is 0.670. The highest BCUT2D eigenvalue weighted by Crippen LogP contribution is 2.33. The van der Waals surface area contributed by atoms with E-state index in [4.69, 9.17) is 4.74 Å². The number of hydrogen-bond acceptors (Lipinski definition) is 3. The monoisotopic (exact) mass is 213 g/mol. The Bertz CT molecular complexity index is 206. The highest BCUT2D eigenvalue weighted by molar-refractivity contribution is 5.75. The van der Waals surface area contributed by atoms with Crippen molar-refractivity contribution in [3.63, 3.8) is 0 Å². The van der Waals surface area contributed by atoms with Crippen molar-refractivity contribution in [2.24, 2.45) is 5.92 Å². The summed E-state index contributed by atoms with van der Waals surface area (Å²) in [7, 11) is 1.47. The summed E-state index contributed by atoms with van der Waals surface area (Å²) in [5, 5.41) is 3.40. The smallest absolute Gasteiger partial charge is 0.322 e. The first-order valence-corrected chi connectivity index (χ1v) is 6.06. The number of carbonyl (C=O) groups excluding carboxylic acids is 1. The first kappa shape index (κ1) is 12.5. The minimum atomic E-state index is -0.106. The molecule has 1 fully saturated rings. The summed E-state index contributed by atoms with van der Waals surface area (Å²) in [6.45, 7) is 4.34. The molecule has 3 atom stereocenters. The van der Waals surface area contributed by atoms with Gasteiger partial charge in [0, 0.05) is 6.04 Å². The minimum absolute atomic E-state index is 0.0866. The van der Waals surface area contributed by atoms with Gasteiger partial charge in [-0.25, -0.2) is 0 Å². The quantitative estimate of drug-likeness (QED) is 0.658. The molecule has 0 aliphatic heterocycles.